The van der Waals surface area contributed by atoms with Crippen molar-refractivity contribution in [1.82, 2.24) is 30.0 Å². The van der Waals surface area contributed by atoms with Crippen molar-refractivity contribution in [1.29, 1.82) is 0 Å². The Balaban J connectivity index is 1.25. The molecule has 1 atom stereocenters. The number of carbonyl (C=O) groups excluding carboxylic acids is 1. The highest BCUT2D eigenvalue weighted by Gasteiger charge is 2.34. The van der Waals surface area contributed by atoms with Crippen LogP contribution >= 0.6 is 11.8 Å². The van der Waals surface area contributed by atoms with Crippen molar-refractivity contribution >= 4 is 27.5 Å². The summed E-state index contributed by atoms with van der Waals surface area (Å²) in [4.78, 5) is 16.7. The average Bonchev–Trinajstić information content (AvgIpc) is 3.40. The van der Waals surface area contributed by atoms with E-state index in [9.17, 15) is 13.2 Å². The number of aromatic nitrogens is 4. The van der Waals surface area contributed by atoms with Crippen LogP contribution in [0.4, 0.5) is 0 Å². The van der Waals surface area contributed by atoms with Crippen molar-refractivity contribution in [2.45, 2.75) is 49.3 Å². The molecule has 1 aromatic rings. The van der Waals surface area contributed by atoms with Crippen LogP contribution in [-0.4, -0.2) is 93.8 Å². The minimum Gasteiger partial charge on any atom is -0.339 e. The zero-order valence-electron chi connectivity index (χ0n) is 15.4. The maximum absolute atomic E-state index is 12.6. The molecule has 1 amide bonds. The third kappa shape index (κ3) is 4.45. The molecule has 4 rings (SSSR count). The molecular weight excluding hydrogens is 388 g/mol. The molecule has 0 aromatic carbocycles. The van der Waals surface area contributed by atoms with Crippen LogP contribution in [0.15, 0.2) is 5.16 Å². The predicted molar refractivity (Wildman–Crippen MR) is 101 cm³/mol. The molecule has 2 aliphatic heterocycles. The summed E-state index contributed by atoms with van der Waals surface area (Å²) in [6.45, 7) is 2.81. The normalized spacial score (nSPS) is 26.7. The van der Waals surface area contributed by atoms with Gasteiger partial charge >= 0.3 is 0 Å². The van der Waals surface area contributed by atoms with Gasteiger partial charge in [-0.1, -0.05) is 24.6 Å². The Labute approximate surface area is 163 Å². The number of thioether (sulfide) groups is 1. The molecule has 11 heteroatoms. The van der Waals surface area contributed by atoms with Gasteiger partial charge in [-0.3, -0.25) is 9.69 Å². The molecule has 1 saturated carbocycles. The van der Waals surface area contributed by atoms with Gasteiger partial charge in [0.2, 0.25) is 11.1 Å². The second-order valence-corrected chi connectivity index (χ2v) is 10.8. The Morgan fingerprint density at radius 3 is 2.48 bits per heavy atom. The van der Waals surface area contributed by atoms with Crippen LogP contribution in [0.3, 0.4) is 0 Å². The van der Waals surface area contributed by atoms with Gasteiger partial charge in [-0.25, -0.2) is 13.1 Å². The fourth-order valence-electron chi connectivity index (χ4n) is 4.28. The highest BCUT2D eigenvalue weighted by Crippen LogP contribution is 2.31. The number of hydrogen-bond donors (Lipinski definition) is 0. The van der Waals surface area contributed by atoms with Crippen molar-refractivity contribution < 1.29 is 13.2 Å². The number of nitrogens with zero attached hydrogens (tertiary/aromatic N) is 6. The average molecular weight is 415 g/mol. The predicted octanol–water partition coefficient (Wildman–Crippen LogP) is 0.212. The van der Waals surface area contributed by atoms with Gasteiger partial charge < -0.3 is 4.90 Å². The van der Waals surface area contributed by atoms with E-state index in [1.165, 1.54) is 24.6 Å². The smallest absolute Gasteiger partial charge is 0.233 e. The van der Waals surface area contributed by atoms with E-state index in [2.05, 4.69) is 20.4 Å². The molecular formula is C16H26N6O3S2. The summed E-state index contributed by atoms with van der Waals surface area (Å²) < 4.78 is 25.2. The van der Waals surface area contributed by atoms with E-state index >= 15 is 0 Å². The summed E-state index contributed by atoms with van der Waals surface area (Å²) in [6, 6.07) is 0.488. The van der Waals surface area contributed by atoms with E-state index in [-0.39, 0.29) is 17.7 Å². The molecule has 2 saturated heterocycles. The Morgan fingerprint density at radius 2 is 1.81 bits per heavy atom. The molecule has 0 N–H and O–H groups in total. The van der Waals surface area contributed by atoms with Gasteiger partial charge in [0.25, 0.3) is 0 Å². The minimum atomic E-state index is -2.87. The zero-order chi connectivity index (χ0) is 18.9. The largest absolute Gasteiger partial charge is 0.339 e. The molecule has 1 aromatic heterocycles. The van der Waals surface area contributed by atoms with Crippen LogP contribution in [0.5, 0.6) is 0 Å². The molecule has 150 valence electrons. The van der Waals surface area contributed by atoms with Crippen LogP contribution in [0.25, 0.3) is 0 Å². The number of carbonyl (C=O) groups is 1. The highest BCUT2D eigenvalue weighted by atomic mass is 32.2. The third-order valence-electron chi connectivity index (χ3n) is 5.85. The SMILES string of the molecule is O=C(CSc1nnnn1C1CCCC1)N1CCN([C@@H]2CCS(=O)(=O)C2)CC1. The fraction of sp³-hybridized carbons (Fsp3) is 0.875. The van der Waals surface area contributed by atoms with Crippen molar-refractivity contribution in [2.24, 2.45) is 0 Å². The van der Waals surface area contributed by atoms with Gasteiger partial charge in [0.15, 0.2) is 9.84 Å². The third-order valence-corrected chi connectivity index (χ3v) is 8.52. The Bertz CT molecular complexity index is 769. The van der Waals surface area contributed by atoms with Crippen LogP contribution in [-0.2, 0) is 14.6 Å². The van der Waals surface area contributed by atoms with Gasteiger partial charge in [0, 0.05) is 32.2 Å². The number of amides is 1. The van der Waals surface area contributed by atoms with Gasteiger partial charge in [0.05, 0.1) is 23.3 Å². The molecule has 0 unspecified atom stereocenters. The van der Waals surface area contributed by atoms with Crippen molar-refractivity contribution in [3.8, 4) is 0 Å². The van der Waals surface area contributed by atoms with E-state index in [0.717, 1.165) is 37.5 Å². The first-order valence-corrected chi connectivity index (χ1v) is 12.5. The zero-order valence-corrected chi connectivity index (χ0v) is 17.0. The van der Waals surface area contributed by atoms with Crippen LogP contribution in [0.1, 0.15) is 38.1 Å². The van der Waals surface area contributed by atoms with E-state index in [4.69, 9.17) is 0 Å². The molecule has 3 aliphatic rings. The Morgan fingerprint density at radius 1 is 1.07 bits per heavy atom. The summed E-state index contributed by atoms with van der Waals surface area (Å²) in [7, 11) is -2.87. The number of tetrazole rings is 1. The lowest BCUT2D eigenvalue weighted by Gasteiger charge is -2.37. The summed E-state index contributed by atoms with van der Waals surface area (Å²) >= 11 is 1.41. The first kappa shape index (κ1) is 19.1. The lowest BCUT2D eigenvalue weighted by Crippen LogP contribution is -2.52. The standard InChI is InChI=1S/C16H26N6O3S2/c23-15(11-26-16-17-18-19-22(16)13-3-1-2-4-13)21-8-6-20(7-9-21)14-5-10-27(24,25)12-14/h13-14H,1-12H2/t14-/m1/s1. The summed E-state index contributed by atoms with van der Waals surface area (Å²) in [5.41, 5.74) is 0. The maximum Gasteiger partial charge on any atom is 0.233 e. The van der Waals surface area contributed by atoms with Gasteiger partial charge in [-0.15, -0.1) is 5.10 Å². The van der Waals surface area contributed by atoms with Crippen molar-refractivity contribution in [2.75, 3.05) is 43.4 Å². The second kappa shape index (κ2) is 8.04. The molecule has 9 nitrogen and oxygen atoms in total. The van der Waals surface area contributed by atoms with Gasteiger partial charge in [0.1, 0.15) is 0 Å². The molecule has 1 aliphatic carbocycles. The second-order valence-electron chi connectivity index (χ2n) is 7.61. The van der Waals surface area contributed by atoms with Crippen molar-refractivity contribution in [3.63, 3.8) is 0 Å². The Kier molecular flexibility index (Phi) is 5.70. The van der Waals surface area contributed by atoms with Crippen LogP contribution < -0.4 is 0 Å². The van der Waals surface area contributed by atoms with E-state index < -0.39 is 9.84 Å². The highest BCUT2D eigenvalue weighted by molar-refractivity contribution is 7.99. The monoisotopic (exact) mass is 414 g/mol. The lowest BCUT2D eigenvalue weighted by molar-refractivity contribution is -0.130. The summed E-state index contributed by atoms with van der Waals surface area (Å²) in [5, 5.41) is 12.7. The Hall–Kier alpha value is -1.20. The van der Waals surface area contributed by atoms with E-state index in [0.29, 0.717) is 30.6 Å². The minimum absolute atomic E-state index is 0.0969. The van der Waals surface area contributed by atoms with Crippen molar-refractivity contribution in [3.05, 3.63) is 0 Å². The fourth-order valence-corrected chi connectivity index (χ4v) is 6.88. The topological polar surface area (TPSA) is 101 Å². The summed E-state index contributed by atoms with van der Waals surface area (Å²) in [6.07, 6.45) is 5.34. The van der Waals surface area contributed by atoms with E-state index in [1.807, 2.05) is 9.58 Å². The number of rotatable bonds is 5. The summed E-state index contributed by atoms with van der Waals surface area (Å²) in [5.74, 6) is 0.994. The molecule has 0 spiro atoms. The first-order valence-electron chi connectivity index (χ1n) is 9.65. The number of piperazine rings is 1. The van der Waals surface area contributed by atoms with Gasteiger partial charge in [-0.2, -0.15) is 0 Å². The van der Waals surface area contributed by atoms with Crippen LogP contribution in [0, 0.1) is 0 Å². The van der Waals surface area contributed by atoms with Gasteiger partial charge in [-0.05, 0) is 29.7 Å². The first-order chi connectivity index (χ1) is 13.0. The number of hydrogen-bond acceptors (Lipinski definition) is 8. The molecule has 0 radical (unpaired) electrons. The number of sulfone groups is 1. The van der Waals surface area contributed by atoms with Crippen LogP contribution in [0.2, 0.25) is 0 Å². The molecule has 3 heterocycles. The quantitative estimate of drug-likeness (QED) is 0.630. The molecule has 0 bridgehead atoms. The maximum atomic E-state index is 12.6. The molecule has 3 fully saturated rings. The molecule has 27 heavy (non-hydrogen) atoms. The van der Waals surface area contributed by atoms with E-state index in [1.54, 1.807) is 0 Å². The lowest BCUT2D eigenvalue weighted by atomic mass is 10.2.